The summed E-state index contributed by atoms with van der Waals surface area (Å²) in [5.41, 5.74) is 1.65. The number of nitrogens with zero attached hydrogens (tertiary/aromatic N) is 4. The predicted octanol–water partition coefficient (Wildman–Crippen LogP) is -5.18. The number of carbonyl (C=O) groups excluding carboxylic acids is 2. The number of hydrogen-bond donors (Lipinski definition) is 1. The number of unbranched alkanes of at least 4 members (excludes halogenated alkanes) is 1. The van der Waals surface area contributed by atoms with Crippen molar-refractivity contribution >= 4 is 11.9 Å². The van der Waals surface area contributed by atoms with Gasteiger partial charge >= 0.3 is 103 Å². The zero-order chi connectivity index (χ0) is 24.9. The van der Waals surface area contributed by atoms with Crippen LogP contribution in [0.4, 0.5) is 0 Å². The number of tetrazole rings is 1. The molecule has 37 heavy (non-hydrogen) atoms. The molecule has 1 N–H and O–H groups in total. The smallest absolute Gasteiger partial charge is 0.545 e. The van der Waals surface area contributed by atoms with Gasteiger partial charge in [0.05, 0.1) is 17.5 Å². The average molecular weight is 550 g/mol. The first-order valence-corrected chi connectivity index (χ1v) is 11.0. The zero-order valence-electron chi connectivity index (χ0n) is 20.9. The molecule has 0 saturated heterocycles. The van der Waals surface area contributed by atoms with Crippen LogP contribution in [0.25, 0.3) is 22.5 Å². The molecule has 2 aromatic heterocycles. The molecule has 0 atom stereocenters. The average Bonchev–Trinajstić information content (AvgIpc) is 3.39. The van der Waals surface area contributed by atoms with Crippen molar-refractivity contribution in [2.24, 2.45) is 0 Å². The van der Waals surface area contributed by atoms with Gasteiger partial charge in [0.1, 0.15) is 0 Å². The molecule has 0 unspecified atom stereocenters. The van der Waals surface area contributed by atoms with E-state index in [4.69, 9.17) is 0 Å². The van der Waals surface area contributed by atoms with Crippen LogP contribution < -0.4 is 119 Å². The van der Waals surface area contributed by atoms with Gasteiger partial charge in [-0.15, -0.1) is 10.2 Å². The van der Waals surface area contributed by atoms with Crippen LogP contribution >= 0.6 is 0 Å². The molecule has 2 heterocycles. The first kappa shape index (κ1) is 31.9. The number of aromatic carboxylic acids is 2. The van der Waals surface area contributed by atoms with E-state index in [0.29, 0.717) is 12.2 Å². The molecule has 4 aromatic rings. The molecule has 0 amide bonds. The van der Waals surface area contributed by atoms with Gasteiger partial charge in [0.2, 0.25) is 5.82 Å². The van der Waals surface area contributed by atoms with E-state index >= 15 is 0 Å². The molecule has 0 saturated carbocycles. The van der Waals surface area contributed by atoms with Crippen LogP contribution in [0.2, 0.25) is 0 Å². The summed E-state index contributed by atoms with van der Waals surface area (Å²) in [4.78, 5) is 36.1. The van der Waals surface area contributed by atoms with Crippen LogP contribution in [-0.2, 0) is 13.0 Å². The van der Waals surface area contributed by atoms with E-state index < -0.39 is 23.1 Å². The topological polar surface area (TPSA) is 157 Å². The molecule has 0 aliphatic heterocycles. The molecule has 0 aliphatic rings. The summed E-state index contributed by atoms with van der Waals surface area (Å²) in [5, 5.41) is 37.4. The normalized spacial score (nSPS) is 10.3. The van der Waals surface area contributed by atoms with Crippen molar-refractivity contribution in [1.29, 1.82) is 0 Å². The quantitative estimate of drug-likeness (QED) is 0.203. The van der Waals surface area contributed by atoms with E-state index in [1.54, 1.807) is 0 Å². The number of hydrogen-bond acceptors (Lipinski definition) is 8. The Bertz CT molecular complexity index is 1440. The number of carboxylic acid groups (broad SMARTS) is 2. The van der Waals surface area contributed by atoms with Crippen LogP contribution in [0.15, 0.2) is 59.4 Å². The summed E-state index contributed by atoms with van der Waals surface area (Å²) in [6.07, 6.45) is 1.40. The van der Waals surface area contributed by atoms with Gasteiger partial charge in [0.25, 0.3) is 5.56 Å². The minimum absolute atomic E-state index is 0. The fraction of sp³-hybridized carbons (Fsp3) is 0.200. The van der Waals surface area contributed by atoms with Gasteiger partial charge in [0.15, 0.2) is 0 Å². The Labute approximate surface area is 297 Å². The molecule has 0 bridgehead atoms. The maximum atomic E-state index is 12.8. The van der Waals surface area contributed by atoms with Crippen LogP contribution in [0.5, 0.6) is 0 Å². The van der Waals surface area contributed by atoms with Gasteiger partial charge in [-0.2, -0.15) is 5.21 Å². The minimum Gasteiger partial charge on any atom is -0.545 e. The summed E-state index contributed by atoms with van der Waals surface area (Å²) in [6.45, 7) is 2.10. The molecule has 10 nitrogen and oxygen atoms in total. The van der Waals surface area contributed by atoms with E-state index in [0.717, 1.165) is 34.7 Å². The number of aromatic amines is 1. The van der Waals surface area contributed by atoms with Crippen molar-refractivity contribution in [3.05, 3.63) is 87.3 Å². The summed E-state index contributed by atoms with van der Waals surface area (Å²) in [5.74, 6) is -2.83. The van der Waals surface area contributed by atoms with Crippen LogP contribution in [0.3, 0.4) is 0 Å². The molecule has 12 heteroatoms. The zero-order valence-corrected chi connectivity index (χ0v) is 27.1. The second-order valence-electron chi connectivity index (χ2n) is 7.96. The van der Waals surface area contributed by atoms with Crippen molar-refractivity contribution in [3.63, 3.8) is 0 Å². The molecule has 178 valence electrons. The van der Waals surface area contributed by atoms with Crippen LogP contribution in [0, 0.1) is 0 Å². The maximum absolute atomic E-state index is 12.8. The Morgan fingerprint density at radius 3 is 2.16 bits per heavy atom. The second-order valence-corrected chi connectivity index (χ2v) is 7.96. The van der Waals surface area contributed by atoms with E-state index in [1.165, 1.54) is 4.57 Å². The Hall–Kier alpha value is -1.33. The van der Waals surface area contributed by atoms with Gasteiger partial charge < -0.3 is 24.4 Å². The number of rotatable bonds is 9. The third-order valence-corrected chi connectivity index (χ3v) is 5.73. The maximum Gasteiger partial charge on any atom is 1.00 e. The van der Waals surface area contributed by atoms with E-state index in [-0.39, 0.29) is 127 Å². The predicted molar refractivity (Wildman–Crippen MR) is 122 cm³/mol. The Kier molecular flexibility index (Phi) is 12.7. The SMILES string of the molecule is CCCCn1c(Cc2ccc(-c3ccccc3-c3nn[nH]n3)cc2)c(C(=O)[O-])cc(C(=O)[O-])c1=O.[K+].[K+]. The van der Waals surface area contributed by atoms with Crippen molar-refractivity contribution in [2.45, 2.75) is 32.7 Å². The van der Waals surface area contributed by atoms with Crippen molar-refractivity contribution in [3.8, 4) is 22.5 Å². The summed E-state index contributed by atoms with van der Waals surface area (Å²) in [6, 6.07) is 15.8. The van der Waals surface area contributed by atoms with E-state index in [1.807, 2.05) is 55.5 Å². The molecule has 2 aromatic carbocycles. The van der Waals surface area contributed by atoms with E-state index in [2.05, 4.69) is 20.6 Å². The number of nitrogens with one attached hydrogen (secondary N) is 1. The van der Waals surface area contributed by atoms with Crippen molar-refractivity contribution < 1.29 is 123 Å². The van der Waals surface area contributed by atoms with Gasteiger partial charge in [0, 0.05) is 29.8 Å². The van der Waals surface area contributed by atoms with Gasteiger partial charge in [-0.1, -0.05) is 61.9 Å². The number of benzene rings is 2. The number of pyridine rings is 1. The Morgan fingerprint density at radius 2 is 1.59 bits per heavy atom. The third kappa shape index (κ3) is 7.41. The van der Waals surface area contributed by atoms with E-state index in [9.17, 15) is 24.6 Å². The first-order valence-electron chi connectivity index (χ1n) is 11.0. The second kappa shape index (κ2) is 14.7. The fourth-order valence-corrected chi connectivity index (χ4v) is 3.97. The van der Waals surface area contributed by atoms with Crippen LogP contribution in [0.1, 0.15) is 51.7 Å². The summed E-state index contributed by atoms with van der Waals surface area (Å²) < 4.78 is 1.21. The number of aromatic nitrogens is 5. The summed E-state index contributed by atoms with van der Waals surface area (Å²) >= 11 is 0. The minimum atomic E-state index is -1.72. The van der Waals surface area contributed by atoms with Gasteiger partial charge in [-0.05, 0) is 34.4 Å². The fourth-order valence-electron chi connectivity index (χ4n) is 3.97. The Morgan fingerprint density at radius 1 is 0.946 bits per heavy atom. The Balaban J connectivity index is 0.00000241. The molecule has 0 radical (unpaired) electrons. The molecule has 0 spiro atoms. The third-order valence-electron chi connectivity index (χ3n) is 5.73. The number of carbonyl (C=O) groups is 2. The molecule has 0 fully saturated rings. The number of H-pyrrole nitrogens is 1. The largest absolute Gasteiger partial charge is 1.00 e. The first-order chi connectivity index (χ1) is 16.9. The standard InChI is InChI=1S/C25H23N5O5.2K/c1-2-3-12-30-21(19(24(32)33)14-20(23(30)31)25(34)35)13-15-8-10-16(11-9-15)17-6-4-5-7-18(17)22-26-28-29-27-22;;/h4-11,14H,2-3,12-13H2,1H3,(H,32,33)(H,34,35)(H,26,27,28,29);;/q;2*+1/p-2. The number of carboxylic acids is 2. The van der Waals surface area contributed by atoms with Crippen molar-refractivity contribution in [2.75, 3.05) is 0 Å². The molecule has 0 aliphatic carbocycles. The molecular weight excluding hydrogens is 529 g/mol. The van der Waals surface area contributed by atoms with Gasteiger partial charge in [-0.3, -0.25) is 4.79 Å². The molecule has 4 rings (SSSR count). The monoisotopic (exact) mass is 549 g/mol. The molecular formula is C25H21K2N5O5. The van der Waals surface area contributed by atoms with Crippen LogP contribution in [-0.4, -0.2) is 37.1 Å². The van der Waals surface area contributed by atoms with Crippen molar-refractivity contribution in [1.82, 2.24) is 25.2 Å². The van der Waals surface area contributed by atoms with Gasteiger partial charge in [-0.25, -0.2) is 0 Å². The summed E-state index contributed by atoms with van der Waals surface area (Å²) in [7, 11) is 0.